The van der Waals surface area contributed by atoms with Crippen LogP contribution < -0.4 is 14.8 Å². The third-order valence-corrected chi connectivity index (χ3v) is 7.36. The van der Waals surface area contributed by atoms with E-state index in [9.17, 15) is 4.79 Å². The van der Waals surface area contributed by atoms with Crippen molar-refractivity contribution < 1.29 is 14.3 Å². The summed E-state index contributed by atoms with van der Waals surface area (Å²) < 4.78 is 12.8. The molecule has 0 saturated heterocycles. The predicted octanol–water partition coefficient (Wildman–Crippen LogP) is 3.71. The number of likely N-dealkylation sites (N-methyl/N-ethyl adjacent to an activating group) is 1. The third kappa shape index (κ3) is 3.96. The minimum absolute atomic E-state index is 0.0848. The molecule has 0 bridgehead atoms. The van der Waals surface area contributed by atoms with Crippen LogP contribution in [-0.4, -0.2) is 53.0 Å². The van der Waals surface area contributed by atoms with E-state index in [0.717, 1.165) is 52.9 Å². The number of anilines is 1. The summed E-state index contributed by atoms with van der Waals surface area (Å²) in [5, 5.41) is 5.62. The number of aromatic nitrogens is 3. The first-order chi connectivity index (χ1) is 15.5. The Morgan fingerprint density at radius 2 is 2.12 bits per heavy atom. The number of hydrogen-bond donors (Lipinski definition) is 1. The number of hydrogen-bond acceptors (Lipinski definition) is 8. The van der Waals surface area contributed by atoms with Gasteiger partial charge in [-0.2, -0.15) is 0 Å². The van der Waals surface area contributed by atoms with E-state index in [-0.39, 0.29) is 12.3 Å². The van der Waals surface area contributed by atoms with Crippen LogP contribution in [0.1, 0.15) is 16.3 Å². The van der Waals surface area contributed by atoms with E-state index in [0.29, 0.717) is 10.9 Å². The number of nitrogens with zero attached hydrogens (tertiary/aromatic N) is 4. The Morgan fingerprint density at radius 1 is 1.25 bits per heavy atom. The number of imidazole rings is 1. The molecule has 0 atom stereocenters. The fraction of sp³-hybridized carbons (Fsp3) is 0.318. The van der Waals surface area contributed by atoms with Crippen LogP contribution in [0.25, 0.3) is 16.2 Å². The average molecular weight is 470 g/mol. The average Bonchev–Trinajstić information content (AvgIpc) is 3.48. The van der Waals surface area contributed by atoms with Crippen molar-refractivity contribution in [2.45, 2.75) is 19.4 Å². The number of amides is 1. The van der Waals surface area contributed by atoms with E-state index in [1.54, 1.807) is 25.6 Å². The van der Waals surface area contributed by atoms with Crippen LogP contribution in [0.4, 0.5) is 5.13 Å². The normalized spacial score (nSPS) is 13.8. The van der Waals surface area contributed by atoms with Gasteiger partial charge in [0, 0.05) is 47.2 Å². The first kappa shape index (κ1) is 20.9. The van der Waals surface area contributed by atoms with E-state index in [1.165, 1.54) is 16.2 Å². The second-order valence-electron chi connectivity index (χ2n) is 7.67. The standard InChI is InChI=1S/C22H23N5O3S2/c1-26-7-6-16-19(11-26)32-21(23-16)25-20(28)8-13-12-31-22-24-17(10-27(13)22)15-9-14(29-2)4-5-18(15)30-3/h4-5,9-10,12H,6-8,11H2,1-3H3,(H,23,25,28). The van der Waals surface area contributed by atoms with Crippen molar-refractivity contribution in [1.29, 1.82) is 0 Å². The van der Waals surface area contributed by atoms with Crippen LogP contribution in [0.5, 0.6) is 11.5 Å². The summed E-state index contributed by atoms with van der Waals surface area (Å²) in [5.41, 5.74) is 3.60. The van der Waals surface area contributed by atoms with Crippen molar-refractivity contribution in [3.05, 3.63) is 46.0 Å². The van der Waals surface area contributed by atoms with Crippen LogP contribution in [0.3, 0.4) is 0 Å². The summed E-state index contributed by atoms with van der Waals surface area (Å²) in [6.07, 6.45) is 3.10. The van der Waals surface area contributed by atoms with Crippen molar-refractivity contribution in [3.8, 4) is 22.8 Å². The highest BCUT2D eigenvalue weighted by Crippen LogP contribution is 2.34. The number of methoxy groups -OCH3 is 2. The minimum atomic E-state index is -0.0848. The smallest absolute Gasteiger partial charge is 0.232 e. The number of fused-ring (bicyclic) bond motifs is 2. The number of rotatable bonds is 6. The Bertz CT molecular complexity index is 1290. The molecule has 0 radical (unpaired) electrons. The lowest BCUT2D eigenvalue weighted by Gasteiger charge is -2.20. The molecule has 0 saturated carbocycles. The van der Waals surface area contributed by atoms with E-state index in [1.807, 2.05) is 34.2 Å². The molecule has 5 rings (SSSR count). The van der Waals surface area contributed by atoms with Crippen LogP contribution in [0.2, 0.25) is 0 Å². The predicted molar refractivity (Wildman–Crippen MR) is 126 cm³/mol. The first-order valence-electron chi connectivity index (χ1n) is 10.2. The van der Waals surface area contributed by atoms with E-state index < -0.39 is 0 Å². The van der Waals surface area contributed by atoms with Crippen LogP contribution in [0.15, 0.2) is 29.8 Å². The molecule has 1 aliphatic heterocycles. The zero-order valence-corrected chi connectivity index (χ0v) is 19.7. The van der Waals surface area contributed by atoms with Crippen molar-refractivity contribution >= 4 is 38.7 Å². The monoisotopic (exact) mass is 469 g/mol. The van der Waals surface area contributed by atoms with Gasteiger partial charge in [0.05, 0.1) is 32.0 Å². The van der Waals surface area contributed by atoms with Gasteiger partial charge in [-0.3, -0.25) is 9.20 Å². The van der Waals surface area contributed by atoms with Gasteiger partial charge >= 0.3 is 0 Å². The molecule has 32 heavy (non-hydrogen) atoms. The topological polar surface area (TPSA) is 81.0 Å². The van der Waals surface area contributed by atoms with Gasteiger partial charge < -0.3 is 19.7 Å². The highest BCUT2D eigenvalue weighted by Gasteiger charge is 2.20. The molecule has 1 amide bonds. The molecule has 8 nitrogen and oxygen atoms in total. The number of nitrogens with one attached hydrogen (secondary N) is 1. The van der Waals surface area contributed by atoms with Crippen LogP contribution in [-0.2, 0) is 24.2 Å². The highest BCUT2D eigenvalue weighted by molar-refractivity contribution is 7.16. The maximum absolute atomic E-state index is 12.7. The van der Waals surface area contributed by atoms with Gasteiger partial charge in [0.15, 0.2) is 10.1 Å². The van der Waals surface area contributed by atoms with E-state index in [4.69, 9.17) is 14.5 Å². The second kappa shape index (κ2) is 8.53. The molecule has 3 aromatic heterocycles. The molecule has 1 N–H and O–H groups in total. The van der Waals surface area contributed by atoms with Crippen molar-refractivity contribution in [3.63, 3.8) is 0 Å². The number of ether oxygens (including phenoxy) is 2. The molecule has 1 aliphatic rings. The Kier molecular flexibility index (Phi) is 5.58. The van der Waals surface area contributed by atoms with Gasteiger partial charge in [-0.15, -0.1) is 22.7 Å². The molecular formula is C22H23N5O3S2. The Hall–Kier alpha value is -2.95. The number of carbonyl (C=O) groups is 1. The zero-order valence-electron chi connectivity index (χ0n) is 18.0. The van der Waals surface area contributed by atoms with Gasteiger partial charge in [0.1, 0.15) is 11.5 Å². The molecule has 0 spiro atoms. The fourth-order valence-electron chi connectivity index (χ4n) is 3.81. The first-order valence-corrected chi connectivity index (χ1v) is 11.9. The van der Waals surface area contributed by atoms with Gasteiger partial charge in [-0.25, -0.2) is 9.97 Å². The summed E-state index contributed by atoms with van der Waals surface area (Å²) in [6.45, 7) is 1.89. The highest BCUT2D eigenvalue weighted by atomic mass is 32.1. The Labute approximate surface area is 193 Å². The summed E-state index contributed by atoms with van der Waals surface area (Å²) in [5.74, 6) is 1.36. The van der Waals surface area contributed by atoms with Crippen molar-refractivity contribution in [2.24, 2.45) is 0 Å². The number of thiazole rings is 2. The largest absolute Gasteiger partial charge is 0.497 e. The molecular weight excluding hydrogens is 446 g/mol. The summed E-state index contributed by atoms with van der Waals surface area (Å²) >= 11 is 3.07. The van der Waals surface area contributed by atoms with Crippen LogP contribution >= 0.6 is 22.7 Å². The van der Waals surface area contributed by atoms with Gasteiger partial charge in [-0.1, -0.05) is 0 Å². The Balaban J connectivity index is 1.36. The van der Waals surface area contributed by atoms with E-state index >= 15 is 0 Å². The molecule has 166 valence electrons. The molecule has 10 heteroatoms. The summed E-state index contributed by atoms with van der Waals surface area (Å²) in [7, 11) is 5.36. The van der Waals surface area contributed by atoms with Crippen molar-refractivity contribution in [2.75, 3.05) is 33.1 Å². The molecule has 4 aromatic rings. The molecule has 0 unspecified atom stereocenters. The maximum Gasteiger partial charge on any atom is 0.232 e. The lowest BCUT2D eigenvalue weighted by Crippen LogP contribution is -2.25. The second-order valence-corrected chi connectivity index (χ2v) is 9.59. The van der Waals surface area contributed by atoms with Crippen molar-refractivity contribution in [1.82, 2.24) is 19.3 Å². The molecule has 4 heterocycles. The quantitative estimate of drug-likeness (QED) is 0.464. The Morgan fingerprint density at radius 3 is 2.94 bits per heavy atom. The summed E-state index contributed by atoms with van der Waals surface area (Å²) in [4.78, 5) is 26.4. The minimum Gasteiger partial charge on any atom is -0.497 e. The van der Waals surface area contributed by atoms with Gasteiger partial charge in [-0.05, 0) is 25.2 Å². The third-order valence-electron chi connectivity index (χ3n) is 5.48. The zero-order chi connectivity index (χ0) is 22.2. The fourth-order valence-corrected chi connectivity index (χ4v) is 5.78. The molecule has 0 aliphatic carbocycles. The van der Waals surface area contributed by atoms with Crippen LogP contribution in [0, 0.1) is 0 Å². The maximum atomic E-state index is 12.7. The molecule has 1 aromatic carbocycles. The lowest BCUT2D eigenvalue weighted by molar-refractivity contribution is -0.115. The lowest BCUT2D eigenvalue weighted by atomic mass is 10.1. The number of benzene rings is 1. The summed E-state index contributed by atoms with van der Waals surface area (Å²) in [6, 6.07) is 5.62. The van der Waals surface area contributed by atoms with Gasteiger partial charge in [0.25, 0.3) is 0 Å². The molecule has 0 fully saturated rings. The SMILES string of the molecule is COc1ccc(OC)c(-c2cn3c(CC(=O)Nc4nc5c(s4)CN(C)CC5)csc3n2)c1. The number of carbonyl (C=O) groups excluding carboxylic acids is 1. The van der Waals surface area contributed by atoms with Gasteiger partial charge in [0.2, 0.25) is 5.91 Å². The van der Waals surface area contributed by atoms with E-state index in [2.05, 4.69) is 22.2 Å².